The maximum atomic E-state index is 12.3. The van der Waals surface area contributed by atoms with Crippen LogP contribution in [0.4, 0.5) is 11.5 Å². The van der Waals surface area contributed by atoms with Crippen molar-refractivity contribution in [3.8, 4) is 5.69 Å². The van der Waals surface area contributed by atoms with Crippen LogP contribution in [0.25, 0.3) is 16.7 Å². The van der Waals surface area contributed by atoms with Gasteiger partial charge < -0.3 is 10.2 Å². The van der Waals surface area contributed by atoms with Gasteiger partial charge >= 0.3 is 0 Å². The minimum Gasteiger partial charge on any atom is -0.353 e. The number of carbonyl (C=O) groups excluding carboxylic acids is 1. The Bertz CT molecular complexity index is 1170. The van der Waals surface area contributed by atoms with E-state index in [0.29, 0.717) is 6.54 Å². The third-order valence-corrected chi connectivity index (χ3v) is 5.44. The van der Waals surface area contributed by atoms with Crippen LogP contribution in [0.3, 0.4) is 0 Å². The Morgan fingerprint density at radius 3 is 2.35 bits per heavy atom. The number of nitrogens with one attached hydrogen (secondary N) is 1. The van der Waals surface area contributed by atoms with Crippen molar-refractivity contribution >= 4 is 28.4 Å². The lowest BCUT2D eigenvalue weighted by Crippen LogP contribution is -2.49. The number of amides is 1. The summed E-state index contributed by atoms with van der Waals surface area (Å²) in [4.78, 5) is 25.8. The lowest BCUT2D eigenvalue weighted by molar-refractivity contribution is -0.117. The third kappa shape index (κ3) is 4.10. The van der Waals surface area contributed by atoms with Crippen molar-refractivity contribution in [2.75, 3.05) is 42.9 Å². The molecule has 1 aliphatic rings. The second kappa shape index (κ2) is 8.53. The molecule has 1 N–H and O–H groups in total. The number of rotatable bonds is 5. The topological polar surface area (TPSA) is 79.2 Å². The monoisotopic (exact) mass is 413 g/mol. The Balaban J connectivity index is 1.26. The molecule has 0 spiro atoms. The van der Waals surface area contributed by atoms with Gasteiger partial charge in [-0.2, -0.15) is 5.10 Å². The SMILES string of the molecule is O=C(CN1CCN(c2ncnc3c2cnn3-c2ccccc2)CC1)Nc1ccccc1. The van der Waals surface area contributed by atoms with Gasteiger partial charge in [-0.05, 0) is 24.3 Å². The number of carbonyl (C=O) groups is 1. The molecule has 0 radical (unpaired) electrons. The summed E-state index contributed by atoms with van der Waals surface area (Å²) in [6, 6.07) is 19.5. The van der Waals surface area contributed by atoms with Crippen LogP contribution in [0, 0.1) is 0 Å². The summed E-state index contributed by atoms with van der Waals surface area (Å²) in [5, 5.41) is 8.42. The molecule has 1 saturated heterocycles. The highest BCUT2D eigenvalue weighted by atomic mass is 16.2. The van der Waals surface area contributed by atoms with E-state index >= 15 is 0 Å². The Kier molecular flexibility index (Phi) is 5.28. The van der Waals surface area contributed by atoms with Crippen LogP contribution < -0.4 is 10.2 Å². The Morgan fingerprint density at radius 2 is 1.61 bits per heavy atom. The third-order valence-electron chi connectivity index (χ3n) is 5.44. The second-order valence-electron chi connectivity index (χ2n) is 7.50. The van der Waals surface area contributed by atoms with Crippen LogP contribution in [-0.2, 0) is 4.79 Å². The molecule has 0 atom stereocenters. The normalized spacial score (nSPS) is 14.6. The number of hydrogen-bond donors (Lipinski definition) is 1. The van der Waals surface area contributed by atoms with Crippen molar-refractivity contribution < 1.29 is 4.79 Å². The molecule has 0 aliphatic carbocycles. The number of anilines is 2. The summed E-state index contributed by atoms with van der Waals surface area (Å²) in [5.74, 6) is 0.897. The molecule has 0 unspecified atom stereocenters. The minimum absolute atomic E-state index is 0.00761. The van der Waals surface area contributed by atoms with Gasteiger partial charge in [0.1, 0.15) is 12.1 Å². The number of hydrogen-bond acceptors (Lipinski definition) is 6. The molecule has 31 heavy (non-hydrogen) atoms. The molecule has 8 nitrogen and oxygen atoms in total. The van der Waals surface area contributed by atoms with Gasteiger partial charge in [0.15, 0.2) is 5.65 Å². The number of nitrogens with zero attached hydrogens (tertiary/aromatic N) is 6. The van der Waals surface area contributed by atoms with E-state index in [4.69, 9.17) is 0 Å². The Hall–Kier alpha value is -3.78. The van der Waals surface area contributed by atoms with Gasteiger partial charge in [-0.15, -0.1) is 0 Å². The van der Waals surface area contributed by atoms with Crippen molar-refractivity contribution in [1.29, 1.82) is 0 Å². The summed E-state index contributed by atoms with van der Waals surface area (Å²) in [5.41, 5.74) is 2.59. The number of piperazine rings is 1. The largest absolute Gasteiger partial charge is 0.353 e. The van der Waals surface area contributed by atoms with Gasteiger partial charge in [0, 0.05) is 31.9 Å². The van der Waals surface area contributed by atoms with Gasteiger partial charge in [0.25, 0.3) is 0 Å². The molecule has 1 fully saturated rings. The predicted octanol–water partition coefficient (Wildman–Crippen LogP) is 2.58. The fourth-order valence-corrected chi connectivity index (χ4v) is 3.88. The first-order valence-corrected chi connectivity index (χ1v) is 10.3. The van der Waals surface area contributed by atoms with Crippen LogP contribution in [0.15, 0.2) is 73.2 Å². The maximum Gasteiger partial charge on any atom is 0.238 e. The van der Waals surface area contributed by atoms with Gasteiger partial charge in [0.05, 0.1) is 23.8 Å². The molecule has 5 rings (SSSR count). The van der Waals surface area contributed by atoms with E-state index < -0.39 is 0 Å². The zero-order valence-electron chi connectivity index (χ0n) is 17.1. The smallest absolute Gasteiger partial charge is 0.238 e. The zero-order valence-corrected chi connectivity index (χ0v) is 17.1. The molecule has 0 bridgehead atoms. The quantitative estimate of drug-likeness (QED) is 0.542. The second-order valence-corrected chi connectivity index (χ2v) is 7.50. The first kappa shape index (κ1) is 19.2. The Labute approximate surface area is 180 Å². The molecule has 156 valence electrons. The van der Waals surface area contributed by atoms with E-state index in [-0.39, 0.29) is 5.91 Å². The van der Waals surface area contributed by atoms with Gasteiger partial charge in [-0.25, -0.2) is 14.6 Å². The van der Waals surface area contributed by atoms with E-state index in [1.807, 2.05) is 71.5 Å². The highest BCUT2D eigenvalue weighted by molar-refractivity contribution is 5.92. The maximum absolute atomic E-state index is 12.3. The van der Waals surface area contributed by atoms with Gasteiger partial charge in [-0.3, -0.25) is 9.69 Å². The summed E-state index contributed by atoms with van der Waals surface area (Å²) in [6.07, 6.45) is 3.43. The summed E-state index contributed by atoms with van der Waals surface area (Å²) in [6.45, 7) is 3.55. The first-order valence-electron chi connectivity index (χ1n) is 10.3. The lowest BCUT2D eigenvalue weighted by Gasteiger charge is -2.35. The van der Waals surface area contributed by atoms with Crippen molar-refractivity contribution in [1.82, 2.24) is 24.6 Å². The van der Waals surface area contributed by atoms with Crippen LogP contribution in [-0.4, -0.2) is 63.3 Å². The van der Waals surface area contributed by atoms with Crippen LogP contribution in [0.2, 0.25) is 0 Å². The molecule has 1 aliphatic heterocycles. The minimum atomic E-state index is 0.00761. The van der Waals surface area contributed by atoms with Gasteiger partial charge in [-0.1, -0.05) is 36.4 Å². The van der Waals surface area contributed by atoms with Crippen molar-refractivity contribution in [3.63, 3.8) is 0 Å². The van der Waals surface area contributed by atoms with E-state index in [2.05, 4.69) is 30.2 Å². The average Bonchev–Trinajstić information content (AvgIpc) is 3.25. The van der Waals surface area contributed by atoms with E-state index in [1.165, 1.54) is 0 Å². The zero-order chi connectivity index (χ0) is 21.0. The first-order chi connectivity index (χ1) is 15.3. The predicted molar refractivity (Wildman–Crippen MR) is 120 cm³/mol. The fraction of sp³-hybridized carbons (Fsp3) is 0.217. The molecule has 4 aromatic rings. The van der Waals surface area contributed by atoms with E-state index in [0.717, 1.165) is 54.4 Å². The van der Waals surface area contributed by atoms with Crippen molar-refractivity contribution in [2.24, 2.45) is 0 Å². The van der Waals surface area contributed by atoms with Crippen LogP contribution in [0.5, 0.6) is 0 Å². The van der Waals surface area contributed by atoms with E-state index in [9.17, 15) is 4.79 Å². The number of aromatic nitrogens is 4. The van der Waals surface area contributed by atoms with Crippen molar-refractivity contribution in [2.45, 2.75) is 0 Å². The molecule has 2 aromatic carbocycles. The van der Waals surface area contributed by atoms with Crippen molar-refractivity contribution in [3.05, 3.63) is 73.2 Å². The molecule has 3 heterocycles. The molecule has 8 heteroatoms. The highest BCUT2D eigenvalue weighted by Gasteiger charge is 2.22. The fourth-order valence-electron chi connectivity index (χ4n) is 3.88. The lowest BCUT2D eigenvalue weighted by atomic mass is 10.2. The molecular weight excluding hydrogens is 390 g/mol. The molecular formula is C23H23N7O. The van der Waals surface area contributed by atoms with Crippen LogP contribution in [0.1, 0.15) is 0 Å². The summed E-state index contributed by atoms with van der Waals surface area (Å²) in [7, 11) is 0. The Morgan fingerprint density at radius 1 is 0.903 bits per heavy atom. The standard InChI is InChI=1S/C23H23N7O/c31-21(27-18-7-3-1-4-8-18)16-28-11-13-29(14-12-28)22-20-15-26-30(23(20)25-17-24-22)19-9-5-2-6-10-19/h1-10,15,17H,11-14,16H2,(H,27,31). The summed E-state index contributed by atoms with van der Waals surface area (Å²) >= 11 is 0. The number of benzene rings is 2. The average molecular weight is 413 g/mol. The molecule has 0 saturated carbocycles. The highest BCUT2D eigenvalue weighted by Crippen LogP contribution is 2.25. The summed E-state index contributed by atoms with van der Waals surface area (Å²) < 4.78 is 1.84. The van der Waals surface area contributed by atoms with Gasteiger partial charge in [0.2, 0.25) is 5.91 Å². The van der Waals surface area contributed by atoms with E-state index in [1.54, 1.807) is 6.33 Å². The molecule has 1 amide bonds. The number of fused-ring (bicyclic) bond motifs is 1. The van der Waals surface area contributed by atoms with Crippen LogP contribution >= 0.6 is 0 Å². The molecule has 2 aromatic heterocycles. The number of para-hydroxylation sites is 2.